The van der Waals surface area contributed by atoms with Gasteiger partial charge in [0, 0.05) is 5.69 Å². The summed E-state index contributed by atoms with van der Waals surface area (Å²) in [6.07, 6.45) is 5.57. The van der Waals surface area contributed by atoms with Crippen LogP contribution < -0.4 is 10.5 Å². The SMILES string of the molecule is Nc1ncc(S(=O)(=O)Nc2ccc3c(c2)CCC3)cn1. The van der Waals surface area contributed by atoms with Gasteiger partial charge in [0.1, 0.15) is 4.90 Å². The summed E-state index contributed by atoms with van der Waals surface area (Å²) in [5, 5.41) is 0. The predicted molar refractivity (Wildman–Crippen MR) is 75.7 cm³/mol. The van der Waals surface area contributed by atoms with Crippen LogP contribution in [0.2, 0.25) is 0 Å². The third-order valence-electron chi connectivity index (χ3n) is 3.31. The minimum Gasteiger partial charge on any atom is -0.368 e. The van der Waals surface area contributed by atoms with Crippen molar-refractivity contribution in [1.29, 1.82) is 0 Å². The van der Waals surface area contributed by atoms with Crippen LogP contribution in [0.1, 0.15) is 17.5 Å². The second kappa shape index (κ2) is 4.75. The van der Waals surface area contributed by atoms with Crippen LogP contribution in [0.4, 0.5) is 11.6 Å². The van der Waals surface area contributed by atoms with Gasteiger partial charge in [0.05, 0.1) is 12.4 Å². The number of aryl methyl sites for hydroxylation is 2. The van der Waals surface area contributed by atoms with Gasteiger partial charge in [-0.2, -0.15) is 0 Å². The Morgan fingerprint density at radius 3 is 2.55 bits per heavy atom. The first-order valence-electron chi connectivity index (χ1n) is 6.27. The van der Waals surface area contributed by atoms with Crippen molar-refractivity contribution >= 4 is 21.7 Å². The van der Waals surface area contributed by atoms with E-state index in [1.165, 1.54) is 23.5 Å². The van der Waals surface area contributed by atoms with Crippen LogP contribution in [-0.2, 0) is 22.9 Å². The van der Waals surface area contributed by atoms with Crippen molar-refractivity contribution in [2.45, 2.75) is 24.2 Å². The van der Waals surface area contributed by atoms with Crippen molar-refractivity contribution in [2.75, 3.05) is 10.5 Å². The number of anilines is 2. The van der Waals surface area contributed by atoms with Gasteiger partial charge >= 0.3 is 0 Å². The van der Waals surface area contributed by atoms with E-state index < -0.39 is 10.0 Å². The summed E-state index contributed by atoms with van der Waals surface area (Å²) < 4.78 is 26.9. The predicted octanol–water partition coefficient (Wildman–Crippen LogP) is 1.35. The first-order valence-corrected chi connectivity index (χ1v) is 7.75. The first-order chi connectivity index (χ1) is 9.54. The summed E-state index contributed by atoms with van der Waals surface area (Å²) in [7, 11) is -3.68. The molecular weight excluding hydrogens is 276 g/mol. The van der Waals surface area contributed by atoms with Crippen LogP contribution in [0.5, 0.6) is 0 Å². The standard InChI is InChI=1S/C13H14N4O2S/c14-13-15-7-12(8-16-13)20(18,19)17-11-5-4-9-2-1-3-10(9)6-11/h4-8,17H,1-3H2,(H2,14,15,16). The summed E-state index contributed by atoms with van der Waals surface area (Å²) >= 11 is 0. The molecule has 0 radical (unpaired) electrons. The number of benzene rings is 1. The summed E-state index contributed by atoms with van der Waals surface area (Å²) in [4.78, 5) is 7.38. The normalized spacial score (nSPS) is 14.0. The Morgan fingerprint density at radius 1 is 1.10 bits per heavy atom. The van der Waals surface area contributed by atoms with E-state index in [-0.39, 0.29) is 10.8 Å². The zero-order chi connectivity index (χ0) is 14.2. The summed E-state index contributed by atoms with van der Waals surface area (Å²) in [6, 6.07) is 5.64. The minimum absolute atomic E-state index is 0.00722. The molecule has 1 aromatic heterocycles. The van der Waals surface area contributed by atoms with Crippen LogP contribution in [0.3, 0.4) is 0 Å². The molecule has 0 atom stereocenters. The molecule has 0 fully saturated rings. The fourth-order valence-electron chi connectivity index (χ4n) is 2.31. The molecule has 0 unspecified atom stereocenters. The number of sulfonamides is 1. The lowest BCUT2D eigenvalue weighted by atomic mass is 10.1. The third-order valence-corrected chi connectivity index (χ3v) is 4.64. The van der Waals surface area contributed by atoms with E-state index >= 15 is 0 Å². The van der Waals surface area contributed by atoms with E-state index in [2.05, 4.69) is 14.7 Å². The van der Waals surface area contributed by atoms with E-state index in [1.807, 2.05) is 12.1 Å². The molecule has 6 nitrogen and oxygen atoms in total. The smallest absolute Gasteiger partial charge is 0.264 e. The summed E-state index contributed by atoms with van der Waals surface area (Å²) in [5.74, 6) is 0.0430. The third kappa shape index (κ3) is 2.44. The number of nitrogens with zero attached hydrogens (tertiary/aromatic N) is 2. The Kier molecular flexibility index (Phi) is 3.06. The number of hydrogen-bond acceptors (Lipinski definition) is 5. The molecule has 3 rings (SSSR count). The Morgan fingerprint density at radius 2 is 1.80 bits per heavy atom. The molecule has 2 aromatic rings. The molecule has 1 aliphatic rings. The first kappa shape index (κ1) is 12.9. The average Bonchev–Trinajstić information content (AvgIpc) is 2.86. The Balaban J connectivity index is 1.88. The van der Waals surface area contributed by atoms with Gasteiger partial charge in [0.25, 0.3) is 10.0 Å². The van der Waals surface area contributed by atoms with Gasteiger partial charge < -0.3 is 5.73 Å². The molecule has 0 aliphatic heterocycles. The number of nitrogen functional groups attached to an aromatic ring is 1. The van der Waals surface area contributed by atoms with Gasteiger partial charge in [0.2, 0.25) is 5.95 Å². The molecule has 0 bridgehead atoms. The van der Waals surface area contributed by atoms with Crippen molar-refractivity contribution in [3.8, 4) is 0 Å². The topological polar surface area (TPSA) is 98.0 Å². The molecule has 1 heterocycles. The molecule has 104 valence electrons. The molecule has 0 saturated carbocycles. The second-order valence-electron chi connectivity index (χ2n) is 4.72. The number of rotatable bonds is 3. The molecule has 0 spiro atoms. The van der Waals surface area contributed by atoms with E-state index in [0.29, 0.717) is 5.69 Å². The van der Waals surface area contributed by atoms with Gasteiger partial charge in [-0.05, 0) is 42.5 Å². The van der Waals surface area contributed by atoms with Crippen LogP contribution in [0.15, 0.2) is 35.5 Å². The van der Waals surface area contributed by atoms with Crippen LogP contribution in [0, 0.1) is 0 Å². The van der Waals surface area contributed by atoms with Gasteiger partial charge in [-0.1, -0.05) is 6.07 Å². The zero-order valence-corrected chi connectivity index (χ0v) is 11.5. The van der Waals surface area contributed by atoms with Gasteiger partial charge in [-0.25, -0.2) is 18.4 Å². The highest BCUT2D eigenvalue weighted by atomic mass is 32.2. The van der Waals surface area contributed by atoms with E-state index in [0.717, 1.165) is 19.3 Å². The van der Waals surface area contributed by atoms with Gasteiger partial charge in [0.15, 0.2) is 0 Å². The minimum atomic E-state index is -3.68. The van der Waals surface area contributed by atoms with Crippen LogP contribution in [0.25, 0.3) is 0 Å². The Bertz CT molecular complexity index is 741. The molecule has 1 aliphatic carbocycles. The maximum atomic E-state index is 12.2. The quantitative estimate of drug-likeness (QED) is 0.889. The van der Waals surface area contributed by atoms with Crippen molar-refractivity contribution < 1.29 is 8.42 Å². The van der Waals surface area contributed by atoms with E-state index in [1.54, 1.807) is 6.07 Å². The number of aromatic nitrogens is 2. The molecular formula is C13H14N4O2S. The molecule has 7 heteroatoms. The van der Waals surface area contributed by atoms with E-state index in [4.69, 9.17) is 5.73 Å². The molecule has 1 aromatic carbocycles. The highest BCUT2D eigenvalue weighted by Crippen LogP contribution is 2.26. The largest absolute Gasteiger partial charge is 0.368 e. The maximum Gasteiger partial charge on any atom is 0.264 e. The zero-order valence-electron chi connectivity index (χ0n) is 10.7. The highest BCUT2D eigenvalue weighted by Gasteiger charge is 2.17. The second-order valence-corrected chi connectivity index (χ2v) is 6.40. The lowest BCUT2D eigenvalue weighted by molar-refractivity contribution is 0.600. The molecule has 20 heavy (non-hydrogen) atoms. The monoisotopic (exact) mass is 290 g/mol. The fraction of sp³-hybridized carbons (Fsp3) is 0.231. The lowest BCUT2D eigenvalue weighted by Gasteiger charge is -2.09. The van der Waals surface area contributed by atoms with Crippen molar-refractivity contribution in [3.63, 3.8) is 0 Å². The van der Waals surface area contributed by atoms with E-state index in [9.17, 15) is 8.42 Å². The summed E-state index contributed by atoms with van der Waals surface area (Å²) in [6.45, 7) is 0. The van der Waals surface area contributed by atoms with Crippen LogP contribution >= 0.6 is 0 Å². The average molecular weight is 290 g/mol. The van der Waals surface area contributed by atoms with Gasteiger partial charge in [-0.3, -0.25) is 4.72 Å². The van der Waals surface area contributed by atoms with Crippen molar-refractivity contribution in [3.05, 3.63) is 41.7 Å². The summed E-state index contributed by atoms with van der Waals surface area (Å²) in [5.41, 5.74) is 8.41. The number of nitrogens with one attached hydrogen (secondary N) is 1. The van der Waals surface area contributed by atoms with Gasteiger partial charge in [-0.15, -0.1) is 0 Å². The van der Waals surface area contributed by atoms with Crippen molar-refractivity contribution in [2.24, 2.45) is 0 Å². The fourth-order valence-corrected chi connectivity index (χ4v) is 3.25. The highest BCUT2D eigenvalue weighted by molar-refractivity contribution is 7.92. The number of fused-ring (bicyclic) bond motifs is 1. The lowest BCUT2D eigenvalue weighted by Crippen LogP contribution is -2.14. The maximum absolute atomic E-state index is 12.2. The van der Waals surface area contributed by atoms with Crippen molar-refractivity contribution in [1.82, 2.24) is 9.97 Å². The Hall–Kier alpha value is -2.15. The molecule has 3 N–H and O–H groups in total. The number of nitrogens with two attached hydrogens (primary N) is 1. The number of hydrogen-bond donors (Lipinski definition) is 2. The molecule has 0 saturated heterocycles. The molecule has 0 amide bonds. The Labute approximate surface area is 117 Å². The van der Waals surface area contributed by atoms with Crippen LogP contribution in [-0.4, -0.2) is 18.4 Å².